The van der Waals surface area contributed by atoms with Crippen LogP contribution in [0.3, 0.4) is 0 Å². The molecule has 2 heterocycles. The first-order valence-electron chi connectivity index (χ1n) is 16.0. The number of anilines is 1. The summed E-state index contributed by atoms with van der Waals surface area (Å²) in [5.41, 5.74) is 4.98. The molecule has 3 aliphatic rings. The number of allylic oxidation sites excluding steroid dienone is 2. The lowest BCUT2D eigenvalue weighted by Gasteiger charge is -2.43. The van der Waals surface area contributed by atoms with Gasteiger partial charge in [-0.2, -0.15) is 0 Å². The van der Waals surface area contributed by atoms with Gasteiger partial charge in [0.15, 0.2) is 0 Å². The predicted molar refractivity (Wildman–Crippen MR) is 177 cm³/mol. The van der Waals surface area contributed by atoms with E-state index in [0.717, 1.165) is 53.2 Å². The Hall–Kier alpha value is -3.69. The zero-order chi connectivity index (χ0) is 31.8. The Morgan fingerprint density at radius 3 is 2.51 bits per heavy atom. The molecule has 0 saturated carbocycles. The Labute approximate surface area is 264 Å². The van der Waals surface area contributed by atoms with Crippen molar-refractivity contribution in [3.8, 4) is 5.75 Å². The van der Waals surface area contributed by atoms with Gasteiger partial charge < -0.3 is 24.8 Å². The van der Waals surface area contributed by atoms with E-state index in [4.69, 9.17) is 4.65 Å². The highest BCUT2D eigenvalue weighted by Gasteiger charge is 2.57. The molecular weight excluding hydrogens is 568 g/mol. The predicted octanol–water partition coefficient (Wildman–Crippen LogP) is 4.60. The van der Waals surface area contributed by atoms with Crippen molar-refractivity contribution >= 4 is 54.0 Å². The van der Waals surface area contributed by atoms with Crippen LogP contribution < -0.4 is 10.4 Å². The number of phenolic OH excluding ortho intramolecular Hbond substituents is 1. The number of nitrogens with zero attached hydrogens (tertiary/aromatic N) is 1. The molecule has 0 radical (unpaired) electrons. The number of phenols is 1. The Bertz CT molecular complexity index is 1690. The van der Waals surface area contributed by atoms with Gasteiger partial charge in [-0.15, -0.1) is 0 Å². The summed E-state index contributed by atoms with van der Waals surface area (Å²) in [6.07, 6.45) is 6.47. The number of aromatic hydroxyl groups is 1. The molecule has 8 nitrogen and oxygen atoms in total. The number of hydrogen-bond acceptors (Lipinski definition) is 7. The van der Waals surface area contributed by atoms with Crippen LogP contribution in [-0.2, 0) is 14.2 Å². The number of carbonyl (C=O) groups excluding carboxylic acids is 2. The summed E-state index contributed by atoms with van der Waals surface area (Å²) in [6.45, 7) is 4.20. The molecule has 0 bridgehead atoms. The minimum Gasteiger partial charge on any atom is -0.507 e. The Morgan fingerprint density at radius 2 is 1.78 bits per heavy atom. The van der Waals surface area contributed by atoms with Crippen LogP contribution in [0, 0.1) is 17.8 Å². The van der Waals surface area contributed by atoms with E-state index in [1.54, 1.807) is 18.2 Å². The van der Waals surface area contributed by atoms with Crippen molar-refractivity contribution in [1.29, 1.82) is 0 Å². The molecular formula is C35H39B2NO7. The molecule has 2 saturated heterocycles. The van der Waals surface area contributed by atoms with Crippen molar-refractivity contribution in [2.24, 2.45) is 17.8 Å². The van der Waals surface area contributed by atoms with Crippen LogP contribution in [0.4, 0.5) is 5.69 Å². The van der Waals surface area contributed by atoms with Gasteiger partial charge in [0.1, 0.15) is 5.75 Å². The maximum atomic E-state index is 14.0. The summed E-state index contributed by atoms with van der Waals surface area (Å²) in [6, 6.07) is 17.7. The molecule has 45 heavy (non-hydrogen) atoms. The Kier molecular flexibility index (Phi) is 9.02. The van der Waals surface area contributed by atoms with Gasteiger partial charge in [-0.1, -0.05) is 80.0 Å². The topological polar surface area (TPSA) is 128 Å². The van der Waals surface area contributed by atoms with Gasteiger partial charge in [0.2, 0.25) is 11.8 Å². The Morgan fingerprint density at radius 1 is 1.00 bits per heavy atom. The first kappa shape index (κ1) is 31.3. The maximum Gasteiger partial charge on any atom is 0.488 e. The molecule has 0 spiro atoms. The zero-order valence-electron chi connectivity index (χ0n) is 25.7. The summed E-state index contributed by atoms with van der Waals surface area (Å²) in [5, 5.41) is 42.4. The van der Waals surface area contributed by atoms with Gasteiger partial charge in [-0.25, -0.2) is 0 Å². The molecule has 232 valence electrons. The fourth-order valence-corrected chi connectivity index (χ4v) is 7.74. The Balaban J connectivity index is 1.29. The second-order valence-electron chi connectivity index (χ2n) is 12.5. The van der Waals surface area contributed by atoms with Gasteiger partial charge >= 0.3 is 14.2 Å². The summed E-state index contributed by atoms with van der Waals surface area (Å²) in [7, 11) is -2.77. The van der Waals surface area contributed by atoms with Crippen molar-refractivity contribution in [1.82, 2.24) is 0 Å². The standard InChI is InChI=1S/C35H39B2NO7/c1-3-8-21(17-23-14-15-30(39)27-12-6-5-11-26(23)27)13-16-31-32-22(4-2)18-28-33(29(32)20-36(42)45-31)35(41)38(34(28)40)25-10-7-9-24(19-25)37(43)44/h5-7,9-12,14-15,17,19,28-29,31,33,39,42-44H,3-4,8,13,16,18,20H2,1-2H3/b21-17+/t28-,29+,31-,33-/m1/s1. The second-order valence-corrected chi connectivity index (χ2v) is 12.5. The highest BCUT2D eigenvalue weighted by molar-refractivity contribution is 6.58. The lowest BCUT2D eigenvalue weighted by atomic mass is 9.58. The third-order valence-corrected chi connectivity index (χ3v) is 9.75. The van der Waals surface area contributed by atoms with Crippen LogP contribution in [-0.4, -0.2) is 52.3 Å². The summed E-state index contributed by atoms with van der Waals surface area (Å²) in [4.78, 5) is 28.9. The molecule has 2 aliphatic heterocycles. The summed E-state index contributed by atoms with van der Waals surface area (Å²) in [5.74, 6) is -1.81. The number of fused-ring (bicyclic) bond motifs is 4. The molecule has 4 N–H and O–H groups in total. The molecule has 2 amide bonds. The molecule has 0 aromatic heterocycles. The number of amides is 2. The fraction of sp³-hybridized carbons (Fsp3) is 0.371. The molecule has 6 rings (SSSR count). The van der Waals surface area contributed by atoms with E-state index in [-0.39, 0.29) is 41.4 Å². The largest absolute Gasteiger partial charge is 0.507 e. The molecule has 10 heteroatoms. The SMILES string of the molecule is CCC/C(=C\c1ccc(O)c2ccccc12)CC[C@H]1OB(O)C[C@H]2C1=C(CC)C[C@H]1C(=O)N(c3cccc(B(O)O)c3)C(=O)[C@H]12. The van der Waals surface area contributed by atoms with Crippen LogP contribution in [0.15, 0.2) is 77.4 Å². The van der Waals surface area contributed by atoms with E-state index in [2.05, 4.69) is 19.9 Å². The lowest BCUT2D eigenvalue weighted by Crippen LogP contribution is -2.46. The third kappa shape index (κ3) is 5.88. The van der Waals surface area contributed by atoms with Crippen molar-refractivity contribution < 1.29 is 34.4 Å². The lowest BCUT2D eigenvalue weighted by molar-refractivity contribution is -0.122. The average molecular weight is 607 g/mol. The third-order valence-electron chi connectivity index (χ3n) is 9.75. The van der Waals surface area contributed by atoms with Gasteiger partial charge in [0, 0.05) is 5.39 Å². The van der Waals surface area contributed by atoms with Gasteiger partial charge in [0.05, 0.1) is 23.6 Å². The first-order chi connectivity index (χ1) is 21.7. The second kappa shape index (κ2) is 13.0. The van der Waals surface area contributed by atoms with Crippen LogP contribution in [0.25, 0.3) is 16.8 Å². The monoisotopic (exact) mass is 607 g/mol. The van der Waals surface area contributed by atoms with E-state index in [9.17, 15) is 29.8 Å². The van der Waals surface area contributed by atoms with Crippen molar-refractivity contribution in [2.75, 3.05) is 4.90 Å². The minimum absolute atomic E-state index is 0.203. The molecule has 3 aromatic carbocycles. The zero-order valence-corrected chi connectivity index (χ0v) is 25.7. The first-order valence-corrected chi connectivity index (χ1v) is 16.0. The van der Waals surface area contributed by atoms with Crippen molar-refractivity contribution in [2.45, 2.75) is 64.8 Å². The summed E-state index contributed by atoms with van der Waals surface area (Å²) >= 11 is 0. The van der Waals surface area contributed by atoms with Crippen LogP contribution in [0.2, 0.25) is 6.32 Å². The molecule has 0 unspecified atom stereocenters. The number of benzene rings is 3. The molecule has 4 atom stereocenters. The smallest absolute Gasteiger partial charge is 0.488 e. The maximum absolute atomic E-state index is 14.0. The average Bonchev–Trinajstić information content (AvgIpc) is 3.29. The number of rotatable bonds is 9. The molecule has 2 fully saturated rings. The number of hydrogen-bond donors (Lipinski definition) is 4. The minimum atomic E-state index is -1.72. The van der Waals surface area contributed by atoms with E-state index in [1.807, 2.05) is 30.3 Å². The quantitative estimate of drug-likeness (QED) is 0.159. The highest BCUT2D eigenvalue weighted by Crippen LogP contribution is 2.52. The van der Waals surface area contributed by atoms with Gasteiger partial charge in [-0.3, -0.25) is 14.5 Å². The van der Waals surface area contributed by atoms with E-state index in [1.165, 1.54) is 22.6 Å². The highest BCUT2D eigenvalue weighted by atomic mass is 16.5. The molecule has 3 aromatic rings. The van der Waals surface area contributed by atoms with E-state index < -0.39 is 26.1 Å². The molecule has 1 aliphatic carbocycles. The van der Waals surface area contributed by atoms with Crippen molar-refractivity contribution in [3.05, 3.63) is 82.9 Å². The normalized spacial score (nSPS) is 23.5. The number of imide groups is 1. The van der Waals surface area contributed by atoms with Crippen LogP contribution in [0.5, 0.6) is 5.75 Å². The van der Waals surface area contributed by atoms with Gasteiger partial charge in [-0.05, 0) is 84.5 Å². The fourth-order valence-electron chi connectivity index (χ4n) is 7.74. The van der Waals surface area contributed by atoms with Crippen LogP contribution >= 0.6 is 0 Å². The van der Waals surface area contributed by atoms with E-state index >= 15 is 0 Å². The number of carbonyl (C=O) groups is 2. The van der Waals surface area contributed by atoms with Crippen molar-refractivity contribution in [3.63, 3.8) is 0 Å². The van der Waals surface area contributed by atoms with E-state index in [0.29, 0.717) is 18.5 Å². The van der Waals surface area contributed by atoms with Gasteiger partial charge in [0.25, 0.3) is 0 Å². The van der Waals surface area contributed by atoms with Crippen LogP contribution in [0.1, 0.15) is 57.9 Å². The summed E-state index contributed by atoms with van der Waals surface area (Å²) < 4.78 is 6.19.